The molecule has 6 heteroatoms. The second-order valence-corrected chi connectivity index (χ2v) is 4.03. The summed E-state index contributed by atoms with van der Waals surface area (Å²) in [5, 5.41) is 20.2. The molecule has 1 heterocycles. The predicted octanol–water partition coefficient (Wildman–Crippen LogP) is 0.412. The molecule has 100 valence electrons. The number of furan rings is 1. The SMILES string of the molecule is O=C(O)CCC(=O)NC[C@H](CO)Cc1ccco1. The van der Waals surface area contributed by atoms with E-state index in [0.29, 0.717) is 13.0 Å². The molecule has 3 N–H and O–H groups in total. The fraction of sp³-hybridized carbons (Fsp3) is 0.500. The molecule has 0 saturated carbocycles. The minimum atomic E-state index is -1.00. The lowest BCUT2D eigenvalue weighted by Crippen LogP contribution is -2.31. The maximum atomic E-state index is 11.3. The second kappa shape index (κ2) is 7.50. The Kier molecular flexibility index (Phi) is 5.93. The van der Waals surface area contributed by atoms with Crippen LogP contribution in [0.4, 0.5) is 0 Å². The Bertz CT molecular complexity index is 374. The zero-order valence-electron chi connectivity index (χ0n) is 9.96. The van der Waals surface area contributed by atoms with Crippen molar-refractivity contribution in [3.63, 3.8) is 0 Å². The lowest BCUT2D eigenvalue weighted by Gasteiger charge is -2.13. The molecule has 1 aromatic heterocycles. The van der Waals surface area contributed by atoms with Gasteiger partial charge in [0, 0.05) is 31.9 Å². The van der Waals surface area contributed by atoms with E-state index < -0.39 is 5.97 Å². The number of hydrogen-bond acceptors (Lipinski definition) is 4. The van der Waals surface area contributed by atoms with Gasteiger partial charge in [0.15, 0.2) is 0 Å². The maximum absolute atomic E-state index is 11.3. The molecule has 0 aromatic carbocycles. The van der Waals surface area contributed by atoms with Gasteiger partial charge in [0.25, 0.3) is 0 Å². The molecular formula is C12H17NO5. The number of aliphatic hydroxyl groups is 1. The van der Waals surface area contributed by atoms with Gasteiger partial charge in [0.2, 0.25) is 5.91 Å². The van der Waals surface area contributed by atoms with Gasteiger partial charge < -0.3 is 19.9 Å². The Morgan fingerprint density at radius 2 is 2.17 bits per heavy atom. The summed E-state index contributed by atoms with van der Waals surface area (Å²) in [6.07, 6.45) is 1.85. The van der Waals surface area contributed by atoms with E-state index in [9.17, 15) is 9.59 Å². The molecular weight excluding hydrogens is 238 g/mol. The number of rotatable bonds is 8. The average molecular weight is 255 g/mol. The van der Waals surface area contributed by atoms with Crippen molar-refractivity contribution in [1.82, 2.24) is 5.32 Å². The van der Waals surface area contributed by atoms with E-state index in [2.05, 4.69) is 5.32 Å². The van der Waals surface area contributed by atoms with Gasteiger partial charge in [-0.25, -0.2) is 0 Å². The summed E-state index contributed by atoms with van der Waals surface area (Å²) in [5.41, 5.74) is 0. The van der Waals surface area contributed by atoms with Crippen LogP contribution in [-0.4, -0.2) is 35.2 Å². The Hall–Kier alpha value is -1.82. The first-order valence-electron chi connectivity index (χ1n) is 5.73. The number of hydrogen-bond donors (Lipinski definition) is 3. The van der Waals surface area contributed by atoms with Crippen LogP contribution in [0.5, 0.6) is 0 Å². The van der Waals surface area contributed by atoms with E-state index in [-0.39, 0.29) is 31.3 Å². The molecule has 6 nitrogen and oxygen atoms in total. The van der Waals surface area contributed by atoms with E-state index in [0.717, 1.165) is 5.76 Å². The van der Waals surface area contributed by atoms with Gasteiger partial charge in [-0.3, -0.25) is 9.59 Å². The van der Waals surface area contributed by atoms with Crippen molar-refractivity contribution in [2.45, 2.75) is 19.3 Å². The van der Waals surface area contributed by atoms with Crippen LogP contribution in [0.25, 0.3) is 0 Å². The molecule has 0 aliphatic rings. The first-order chi connectivity index (χ1) is 8.61. The Morgan fingerprint density at radius 3 is 2.72 bits per heavy atom. The van der Waals surface area contributed by atoms with Crippen molar-refractivity contribution in [2.75, 3.05) is 13.2 Å². The van der Waals surface area contributed by atoms with Gasteiger partial charge in [0.1, 0.15) is 5.76 Å². The average Bonchev–Trinajstić information content (AvgIpc) is 2.84. The molecule has 1 atom stereocenters. The van der Waals surface area contributed by atoms with E-state index in [1.54, 1.807) is 18.4 Å². The molecule has 0 spiro atoms. The zero-order chi connectivity index (χ0) is 13.4. The van der Waals surface area contributed by atoms with E-state index >= 15 is 0 Å². The summed E-state index contributed by atoms with van der Waals surface area (Å²) in [6, 6.07) is 3.56. The molecule has 1 rings (SSSR count). The molecule has 0 bridgehead atoms. The van der Waals surface area contributed by atoms with Crippen LogP contribution < -0.4 is 5.32 Å². The number of aliphatic carboxylic acids is 1. The third-order valence-electron chi connectivity index (χ3n) is 2.48. The van der Waals surface area contributed by atoms with Gasteiger partial charge >= 0.3 is 5.97 Å². The summed E-state index contributed by atoms with van der Waals surface area (Å²) in [4.78, 5) is 21.6. The molecule has 0 aliphatic carbocycles. The third-order valence-corrected chi connectivity index (χ3v) is 2.48. The van der Waals surface area contributed by atoms with Gasteiger partial charge in [-0.1, -0.05) is 0 Å². The lowest BCUT2D eigenvalue weighted by atomic mass is 10.1. The summed E-state index contributed by atoms with van der Waals surface area (Å²) >= 11 is 0. The number of carbonyl (C=O) groups excluding carboxylic acids is 1. The third kappa shape index (κ3) is 5.49. The number of carboxylic acid groups (broad SMARTS) is 1. The molecule has 18 heavy (non-hydrogen) atoms. The highest BCUT2D eigenvalue weighted by Gasteiger charge is 2.12. The topological polar surface area (TPSA) is 99.8 Å². The molecule has 0 aliphatic heterocycles. The molecule has 0 unspecified atom stereocenters. The van der Waals surface area contributed by atoms with E-state index in [1.165, 1.54) is 0 Å². The summed E-state index contributed by atoms with van der Waals surface area (Å²) in [5.74, 6) is -0.714. The van der Waals surface area contributed by atoms with Crippen molar-refractivity contribution in [3.05, 3.63) is 24.2 Å². The second-order valence-electron chi connectivity index (χ2n) is 4.03. The summed E-state index contributed by atoms with van der Waals surface area (Å²) in [7, 11) is 0. The molecule has 1 amide bonds. The minimum Gasteiger partial charge on any atom is -0.481 e. The number of aliphatic hydroxyl groups excluding tert-OH is 1. The van der Waals surface area contributed by atoms with Gasteiger partial charge in [0.05, 0.1) is 12.7 Å². The van der Waals surface area contributed by atoms with Gasteiger partial charge in [-0.2, -0.15) is 0 Å². The smallest absolute Gasteiger partial charge is 0.303 e. The van der Waals surface area contributed by atoms with Crippen LogP contribution in [0.15, 0.2) is 22.8 Å². The number of carboxylic acids is 1. The van der Waals surface area contributed by atoms with Crippen molar-refractivity contribution < 1.29 is 24.2 Å². The fourth-order valence-corrected chi connectivity index (χ4v) is 1.48. The monoisotopic (exact) mass is 255 g/mol. The maximum Gasteiger partial charge on any atom is 0.303 e. The van der Waals surface area contributed by atoms with Crippen LogP contribution in [0.3, 0.4) is 0 Å². The Labute approximate surface area is 105 Å². The first kappa shape index (κ1) is 14.2. The summed E-state index contributed by atoms with van der Waals surface area (Å²) < 4.78 is 5.15. The zero-order valence-corrected chi connectivity index (χ0v) is 9.96. The largest absolute Gasteiger partial charge is 0.481 e. The minimum absolute atomic E-state index is 0.0474. The van der Waals surface area contributed by atoms with E-state index in [1.807, 2.05) is 0 Å². The van der Waals surface area contributed by atoms with Crippen molar-refractivity contribution >= 4 is 11.9 Å². The highest BCUT2D eigenvalue weighted by Crippen LogP contribution is 2.08. The van der Waals surface area contributed by atoms with Crippen molar-refractivity contribution in [3.8, 4) is 0 Å². The highest BCUT2D eigenvalue weighted by molar-refractivity contribution is 5.80. The summed E-state index contributed by atoms with van der Waals surface area (Å²) in [6.45, 7) is 0.232. The van der Waals surface area contributed by atoms with Crippen LogP contribution in [0, 0.1) is 5.92 Å². The van der Waals surface area contributed by atoms with Crippen molar-refractivity contribution in [1.29, 1.82) is 0 Å². The van der Waals surface area contributed by atoms with Crippen molar-refractivity contribution in [2.24, 2.45) is 5.92 Å². The van der Waals surface area contributed by atoms with E-state index in [4.69, 9.17) is 14.6 Å². The fourth-order valence-electron chi connectivity index (χ4n) is 1.48. The van der Waals surface area contributed by atoms with Crippen LogP contribution in [0.2, 0.25) is 0 Å². The standard InChI is InChI=1S/C12H17NO5/c14-8-9(6-10-2-1-5-18-10)7-13-11(15)3-4-12(16)17/h1-2,5,9,14H,3-4,6-8H2,(H,13,15)(H,16,17)/t9-/m1/s1. The number of amides is 1. The highest BCUT2D eigenvalue weighted by atomic mass is 16.4. The molecule has 0 fully saturated rings. The van der Waals surface area contributed by atoms with Gasteiger partial charge in [-0.05, 0) is 12.1 Å². The quantitative estimate of drug-likeness (QED) is 0.624. The first-order valence-corrected chi connectivity index (χ1v) is 5.73. The van der Waals surface area contributed by atoms with Crippen LogP contribution in [-0.2, 0) is 16.0 Å². The number of carbonyl (C=O) groups is 2. The predicted molar refractivity (Wildman–Crippen MR) is 62.9 cm³/mol. The number of nitrogens with one attached hydrogen (secondary N) is 1. The molecule has 0 saturated heterocycles. The Morgan fingerprint density at radius 1 is 1.39 bits per heavy atom. The molecule has 0 radical (unpaired) electrons. The van der Waals surface area contributed by atoms with Crippen LogP contribution in [0.1, 0.15) is 18.6 Å². The lowest BCUT2D eigenvalue weighted by molar-refractivity contribution is -0.138. The molecule has 1 aromatic rings. The normalized spacial score (nSPS) is 12.1. The Balaban J connectivity index is 2.26. The van der Waals surface area contributed by atoms with Gasteiger partial charge in [-0.15, -0.1) is 0 Å². The van der Waals surface area contributed by atoms with Crippen LogP contribution >= 0.6 is 0 Å².